The van der Waals surface area contributed by atoms with E-state index in [1.54, 1.807) is 42.0 Å². The second-order valence-corrected chi connectivity index (χ2v) is 12.1. The number of carboxylic acid groups (broad SMARTS) is 1. The number of carbonyl (C=O) groups excluding carboxylic acids is 1. The van der Waals surface area contributed by atoms with E-state index in [1.165, 1.54) is 18.2 Å². The topological polar surface area (TPSA) is 96.7 Å². The maximum atomic E-state index is 16.1. The molecule has 0 unspecified atom stereocenters. The van der Waals surface area contributed by atoms with Crippen molar-refractivity contribution >= 4 is 46.0 Å². The van der Waals surface area contributed by atoms with Gasteiger partial charge in [0.1, 0.15) is 18.0 Å². The Balaban J connectivity index is 1.51. The Kier molecular flexibility index (Phi) is 6.27. The molecule has 2 aromatic carbocycles. The van der Waals surface area contributed by atoms with E-state index in [2.05, 4.69) is 16.8 Å². The first kappa shape index (κ1) is 27.2. The second-order valence-electron chi connectivity index (χ2n) is 11.3. The van der Waals surface area contributed by atoms with E-state index in [-0.39, 0.29) is 34.7 Å². The summed E-state index contributed by atoms with van der Waals surface area (Å²) in [5.41, 5.74) is 0.343. The number of fused-ring (bicyclic) bond motifs is 5. The van der Waals surface area contributed by atoms with Gasteiger partial charge in [0.15, 0.2) is 0 Å². The monoisotopic (exact) mass is 608 g/mol. The summed E-state index contributed by atoms with van der Waals surface area (Å²) in [6.07, 6.45) is 5.43. The van der Waals surface area contributed by atoms with Gasteiger partial charge in [-0.25, -0.2) is 13.9 Å². The van der Waals surface area contributed by atoms with Crippen LogP contribution in [0.1, 0.15) is 47.6 Å². The van der Waals surface area contributed by atoms with Crippen LogP contribution in [0.15, 0.2) is 71.4 Å². The summed E-state index contributed by atoms with van der Waals surface area (Å²) in [6.45, 7) is 7.02. The van der Waals surface area contributed by atoms with Crippen molar-refractivity contribution in [2.75, 3.05) is 13.2 Å². The Hall–Kier alpha value is -3.66. The van der Waals surface area contributed by atoms with E-state index in [4.69, 9.17) is 33.0 Å². The molecule has 3 aromatic rings. The first-order chi connectivity index (χ1) is 20.2. The number of rotatable bonds is 5. The molecule has 1 spiro atoms. The van der Waals surface area contributed by atoms with Crippen molar-refractivity contribution in [1.82, 2.24) is 20.0 Å². The number of nitrogens with zero attached hydrogens (tertiary/aromatic N) is 3. The van der Waals surface area contributed by atoms with Gasteiger partial charge in [-0.2, -0.15) is 5.10 Å². The minimum atomic E-state index is -1.39. The molecule has 3 aliphatic heterocycles. The number of benzene rings is 2. The number of aromatic nitrogens is 2. The molecule has 4 aliphatic rings. The van der Waals surface area contributed by atoms with Crippen molar-refractivity contribution in [1.29, 1.82) is 0 Å². The molecule has 4 atom stereocenters. The number of nitrogens with one attached hydrogen (secondary N) is 1. The van der Waals surface area contributed by atoms with Crippen molar-refractivity contribution in [2.45, 2.75) is 43.3 Å². The average molecular weight is 609 g/mol. The third-order valence-electron chi connectivity index (χ3n) is 9.02. The number of allylic oxidation sites excluding steroid dienone is 3. The summed E-state index contributed by atoms with van der Waals surface area (Å²) in [7, 11) is 0. The lowest BCUT2D eigenvalue weighted by molar-refractivity contribution is -0.128. The maximum absolute atomic E-state index is 16.1. The van der Waals surface area contributed by atoms with Crippen LogP contribution in [-0.2, 0) is 4.79 Å². The fourth-order valence-electron chi connectivity index (χ4n) is 6.95. The fraction of sp³-hybridized carbons (Fsp3) is 0.323. The molecule has 11 heteroatoms. The van der Waals surface area contributed by atoms with Crippen molar-refractivity contribution < 1.29 is 23.8 Å². The summed E-state index contributed by atoms with van der Waals surface area (Å²) in [6, 6.07) is 8.52. The van der Waals surface area contributed by atoms with Gasteiger partial charge in [0.2, 0.25) is 11.8 Å². The molecular formula is C31H27Cl2FN4O4. The number of hydrogen-bond acceptors (Lipinski definition) is 5. The van der Waals surface area contributed by atoms with Gasteiger partial charge < -0.3 is 15.2 Å². The lowest BCUT2D eigenvalue weighted by Crippen LogP contribution is -2.57. The van der Waals surface area contributed by atoms with E-state index >= 15 is 4.39 Å². The van der Waals surface area contributed by atoms with Gasteiger partial charge >= 0.3 is 5.97 Å². The van der Waals surface area contributed by atoms with Crippen LogP contribution in [0, 0.1) is 11.7 Å². The van der Waals surface area contributed by atoms with Crippen molar-refractivity contribution in [3.8, 4) is 5.88 Å². The van der Waals surface area contributed by atoms with Crippen LogP contribution in [-0.4, -0.2) is 56.4 Å². The number of amides is 1. The Morgan fingerprint density at radius 2 is 2.12 bits per heavy atom. The number of likely N-dealkylation sites (tertiary alicyclic amines) is 1. The van der Waals surface area contributed by atoms with Crippen molar-refractivity contribution in [3.63, 3.8) is 0 Å². The molecule has 1 aromatic heterocycles. The predicted molar refractivity (Wildman–Crippen MR) is 156 cm³/mol. The highest BCUT2D eigenvalue weighted by molar-refractivity contribution is 6.31. The maximum Gasteiger partial charge on any atom is 0.335 e. The van der Waals surface area contributed by atoms with E-state index < -0.39 is 29.3 Å². The quantitative estimate of drug-likeness (QED) is 0.380. The molecule has 4 heterocycles. The molecule has 7 rings (SSSR count). The summed E-state index contributed by atoms with van der Waals surface area (Å²) < 4.78 is 24.1. The lowest BCUT2D eigenvalue weighted by atomic mass is 9.73. The van der Waals surface area contributed by atoms with E-state index in [1.807, 2.05) is 0 Å². The Morgan fingerprint density at radius 3 is 2.83 bits per heavy atom. The van der Waals surface area contributed by atoms with Gasteiger partial charge in [0.05, 0.1) is 33.6 Å². The Morgan fingerprint density at radius 1 is 1.33 bits per heavy atom. The highest BCUT2D eigenvalue weighted by Crippen LogP contribution is 2.61. The molecular weight excluding hydrogens is 582 g/mol. The fourth-order valence-corrected chi connectivity index (χ4v) is 7.24. The number of halogens is 3. The number of carboxylic acids is 1. The SMILES string of the molecule is C=C1/C(=C\C(Cl)=C/C)NC(=O)[C@@]12[C@H](c1cccc(Cl)c1F)[C@@H]1[C@@H](COc3c4ccc(C(=O)O)cc4nn31)N2CC1CC1. The summed E-state index contributed by atoms with van der Waals surface area (Å²) in [5.74, 6) is -2.01. The van der Waals surface area contributed by atoms with Crippen LogP contribution < -0.4 is 10.1 Å². The molecule has 8 nitrogen and oxygen atoms in total. The first-order valence-corrected chi connectivity index (χ1v) is 14.6. The minimum Gasteiger partial charge on any atom is -0.478 e. The zero-order valence-electron chi connectivity index (χ0n) is 22.6. The van der Waals surface area contributed by atoms with Gasteiger partial charge in [0, 0.05) is 23.2 Å². The third-order valence-corrected chi connectivity index (χ3v) is 9.64. The van der Waals surface area contributed by atoms with Gasteiger partial charge in [-0.15, -0.1) is 0 Å². The zero-order chi connectivity index (χ0) is 29.5. The highest BCUT2D eigenvalue weighted by atomic mass is 35.5. The van der Waals surface area contributed by atoms with Crippen LogP contribution in [0.4, 0.5) is 4.39 Å². The molecule has 216 valence electrons. The van der Waals surface area contributed by atoms with Crippen LogP contribution in [0.5, 0.6) is 5.88 Å². The summed E-state index contributed by atoms with van der Waals surface area (Å²) in [4.78, 5) is 28.2. The van der Waals surface area contributed by atoms with E-state index in [0.29, 0.717) is 45.5 Å². The van der Waals surface area contributed by atoms with Gasteiger partial charge in [-0.3, -0.25) is 9.69 Å². The zero-order valence-corrected chi connectivity index (χ0v) is 24.1. The standard InChI is InChI=1S/C31H27Cl2FN4O4/c1-3-18(32)12-22-15(2)31(30(41)35-22)25(20-5-4-6-21(33)26(20)34)27-24(37(31)13-16-7-8-16)14-42-28-19-10-9-17(29(39)40)11-23(19)36-38(27)28/h3-6,9-12,16,24-25,27H,2,7-8,13-14H2,1H3,(H,35,41)(H,39,40)/b18-3+,22-12+/t24-,25-,27+,31+/m1/s1. The van der Waals surface area contributed by atoms with Crippen LogP contribution in [0.25, 0.3) is 10.9 Å². The van der Waals surface area contributed by atoms with Crippen molar-refractivity contribution in [2.24, 2.45) is 5.92 Å². The molecule has 2 N–H and O–H groups in total. The Bertz CT molecular complexity index is 1760. The van der Waals surface area contributed by atoms with Crippen LogP contribution >= 0.6 is 23.2 Å². The first-order valence-electron chi connectivity index (χ1n) is 13.8. The van der Waals surface area contributed by atoms with Crippen LogP contribution in [0.2, 0.25) is 5.02 Å². The number of hydrogen-bond donors (Lipinski definition) is 2. The molecule has 1 saturated carbocycles. The molecule has 0 bridgehead atoms. The van der Waals surface area contributed by atoms with E-state index in [9.17, 15) is 14.7 Å². The third kappa shape index (κ3) is 3.80. The second kappa shape index (κ2) is 9.69. The predicted octanol–water partition coefficient (Wildman–Crippen LogP) is 5.79. The average Bonchev–Trinajstić information content (AvgIpc) is 3.58. The van der Waals surface area contributed by atoms with Crippen molar-refractivity contribution in [3.05, 3.63) is 93.4 Å². The molecule has 1 amide bonds. The van der Waals surface area contributed by atoms with Gasteiger partial charge in [-0.05, 0) is 67.2 Å². The lowest BCUT2D eigenvalue weighted by Gasteiger charge is -2.39. The number of aromatic carboxylic acids is 1. The smallest absolute Gasteiger partial charge is 0.335 e. The Labute approximate surface area is 251 Å². The highest BCUT2D eigenvalue weighted by Gasteiger charge is 2.70. The molecule has 2 saturated heterocycles. The van der Waals surface area contributed by atoms with Crippen LogP contribution in [0.3, 0.4) is 0 Å². The van der Waals surface area contributed by atoms with Gasteiger partial charge in [0.25, 0.3) is 0 Å². The minimum absolute atomic E-state index is 0.0550. The molecule has 42 heavy (non-hydrogen) atoms. The molecule has 0 radical (unpaired) electrons. The summed E-state index contributed by atoms with van der Waals surface area (Å²) in [5, 5.41) is 18.4. The van der Waals surface area contributed by atoms with Gasteiger partial charge in [-0.1, -0.05) is 48.0 Å². The number of ether oxygens (including phenoxy) is 1. The summed E-state index contributed by atoms with van der Waals surface area (Å²) >= 11 is 12.7. The largest absolute Gasteiger partial charge is 0.478 e. The molecule has 1 aliphatic carbocycles. The number of carbonyl (C=O) groups is 2. The molecule has 3 fully saturated rings. The van der Waals surface area contributed by atoms with E-state index in [0.717, 1.165) is 12.8 Å². The normalized spacial score (nSPS) is 28.3.